The lowest BCUT2D eigenvalue weighted by Crippen LogP contribution is -2.27. The maximum Gasteiger partial charge on any atom is 0.223 e. The van der Waals surface area contributed by atoms with Crippen molar-refractivity contribution in [1.82, 2.24) is 0 Å². The van der Waals surface area contributed by atoms with Crippen LogP contribution in [0.2, 0.25) is 0 Å². The molecule has 0 saturated heterocycles. The van der Waals surface area contributed by atoms with E-state index in [-0.39, 0.29) is 35.8 Å². The first-order valence-electron chi connectivity index (χ1n) is 9.63. The van der Waals surface area contributed by atoms with E-state index in [9.17, 15) is 19.3 Å². The average molecular weight is 415 g/mol. The Labute approximate surface area is 175 Å². The molecule has 0 amide bonds. The van der Waals surface area contributed by atoms with Gasteiger partial charge in [0.2, 0.25) is 6.04 Å². The highest BCUT2D eigenvalue weighted by molar-refractivity contribution is 5.78. The lowest BCUT2D eigenvalue weighted by molar-refractivity contribution is -0.525. The number of halogens is 1. The van der Waals surface area contributed by atoms with E-state index in [0.717, 1.165) is 5.56 Å². The van der Waals surface area contributed by atoms with E-state index in [1.807, 2.05) is 0 Å². The van der Waals surface area contributed by atoms with E-state index < -0.39 is 12.0 Å². The van der Waals surface area contributed by atoms with Crippen molar-refractivity contribution < 1.29 is 23.6 Å². The summed E-state index contributed by atoms with van der Waals surface area (Å²) in [7, 11) is 3.01. The number of nitro groups is 1. The summed E-state index contributed by atoms with van der Waals surface area (Å²) in [5.41, 5.74) is 1.52. The lowest BCUT2D eigenvalue weighted by Gasteiger charge is -2.19. The van der Waals surface area contributed by atoms with E-state index >= 15 is 0 Å². The molecule has 0 spiro atoms. The van der Waals surface area contributed by atoms with Gasteiger partial charge in [-0.05, 0) is 41.8 Å². The van der Waals surface area contributed by atoms with Crippen molar-refractivity contribution in [2.24, 2.45) is 0 Å². The predicted octanol–water partition coefficient (Wildman–Crippen LogP) is 4.74. The number of aryl methyl sites for hydroxylation is 1. The minimum atomic E-state index is -0.990. The number of hydrogen-bond acceptors (Lipinski definition) is 5. The third kappa shape index (κ3) is 6.14. The van der Waals surface area contributed by atoms with Gasteiger partial charge < -0.3 is 9.47 Å². The zero-order chi connectivity index (χ0) is 22.1. The zero-order valence-corrected chi connectivity index (χ0v) is 17.2. The normalized spacial score (nSPS) is 12.6. The Morgan fingerprint density at radius 2 is 1.80 bits per heavy atom. The van der Waals surface area contributed by atoms with Crippen LogP contribution in [0.5, 0.6) is 11.5 Å². The predicted molar refractivity (Wildman–Crippen MR) is 112 cm³/mol. The molecule has 0 aliphatic heterocycles. The fraction of sp³-hybridized carbons (Fsp3) is 0.348. The summed E-state index contributed by atoms with van der Waals surface area (Å²) in [4.78, 5) is 23.6. The molecule has 0 heterocycles. The Balaban J connectivity index is 2.04. The number of ketones is 1. The second-order valence-electron chi connectivity index (χ2n) is 6.93. The molecule has 2 aromatic carbocycles. The second kappa shape index (κ2) is 11.1. The Morgan fingerprint density at radius 3 is 2.37 bits per heavy atom. The number of rotatable bonds is 12. The van der Waals surface area contributed by atoms with Gasteiger partial charge in [0.1, 0.15) is 11.6 Å². The van der Waals surface area contributed by atoms with Crippen molar-refractivity contribution in [3.8, 4) is 11.5 Å². The smallest absolute Gasteiger partial charge is 0.223 e. The minimum Gasteiger partial charge on any atom is -0.493 e. The van der Waals surface area contributed by atoms with Crippen LogP contribution in [0.1, 0.15) is 36.3 Å². The lowest BCUT2D eigenvalue weighted by atomic mass is 9.88. The van der Waals surface area contributed by atoms with Crippen LogP contribution in [-0.4, -0.2) is 31.0 Å². The molecular weight excluding hydrogens is 389 g/mol. The van der Waals surface area contributed by atoms with Crippen molar-refractivity contribution in [2.75, 3.05) is 14.2 Å². The number of methoxy groups -OCH3 is 2. The maximum atomic E-state index is 13.0. The Morgan fingerprint density at radius 1 is 1.13 bits per heavy atom. The van der Waals surface area contributed by atoms with Gasteiger partial charge in [0, 0.05) is 24.2 Å². The van der Waals surface area contributed by atoms with E-state index in [4.69, 9.17) is 9.47 Å². The molecule has 7 heteroatoms. The van der Waals surface area contributed by atoms with E-state index in [1.165, 1.54) is 32.4 Å². The summed E-state index contributed by atoms with van der Waals surface area (Å²) in [5, 5.41) is 11.7. The first-order chi connectivity index (χ1) is 14.4. The van der Waals surface area contributed by atoms with Crippen LogP contribution in [0.3, 0.4) is 0 Å². The molecule has 0 fully saturated rings. The van der Waals surface area contributed by atoms with Gasteiger partial charge in [-0.25, -0.2) is 4.39 Å². The van der Waals surface area contributed by atoms with Gasteiger partial charge in [0.15, 0.2) is 11.5 Å². The fourth-order valence-corrected chi connectivity index (χ4v) is 3.36. The first kappa shape index (κ1) is 23.1. The Kier molecular flexibility index (Phi) is 8.53. The molecule has 30 heavy (non-hydrogen) atoms. The average Bonchev–Trinajstić information content (AvgIpc) is 2.75. The summed E-state index contributed by atoms with van der Waals surface area (Å²) in [6.07, 6.45) is 2.44. The van der Waals surface area contributed by atoms with Crippen molar-refractivity contribution in [2.45, 2.75) is 37.6 Å². The number of carbonyl (C=O) groups excluding carboxylic acids is 1. The van der Waals surface area contributed by atoms with Gasteiger partial charge in [0.05, 0.1) is 20.1 Å². The van der Waals surface area contributed by atoms with Gasteiger partial charge in [-0.1, -0.05) is 24.3 Å². The molecule has 0 aromatic heterocycles. The molecule has 0 radical (unpaired) electrons. The van der Waals surface area contributed by atoms with Crippen LogP contribution in [0.25, 0.3) is 0 Å². The van der Waals surface area contributed by atoms with Gasteiger partial charge in [-0.3, -0.25) is 14.9 Å². The van der Waals surface area contributed by atoms with E-state index in [1.54, 1.807) is 30.3 Å². The summed E-state index contributed by atoms with van der Waals surface area (Å²) in [6, 6.07) is 10.1. The number of nitrogens with zero attached hydrogens (tertiary/aromatic N) is 1. The Bertz CT molecular complexity index is 882. The summed E-state index contributed by atoms with van der Waals surface area (Å²) in [6.45, 7) is 3.76. The van der Waals surface area contributed by atoms with Crippen LogP contribution >= 0.6 is 0 Å². The summed E-state index contributed by atoms with van der Waals surface area (Å²) >= 11 is 0. The first-order valence-corrected chi connectivity index (χ1v) is 9.63. The molecule has 0 bridgehead atoms. The minimum absolute atomic E-state index is 0.0682. The molecule has 0 saturated carbocycles. The van der Waals surface area contributed by atoms with E-state index in [2.05, 4.69) is 6.58 Å². The van der Waals surface area contributed by atoms with Gasteiger partial charge >= 0.3 is 0 Å². The summed E-state index contributed by atoms with van der Waals surface area (Å²) < 4.78 is 23.5. The molecule has 0 aliphatic rings. The molecule has 0 aliphatic carbocycles. The molecule has 2 rings (SSSR count). The van der Waals surface area contributed by atoms with Crippen LogP contribution in [0, 0.1) is 15.9 Å². The number of ether oxygens (including phenoxy) is 2. The van der Waals surface area contributed by atoms with Gasteiger partial charge in [-0.2, -0.15) is 0 Å². The summed E-state index contributed by atoms with van der Waals surface area (Å²) in [5.74, 6) is 0.0209. The van der Waals surface area contributed by atoms with Crippen molar-refractivity contribution >= 4 is 5.78 Å². The largest absolute Gasteiger partial charge is 0.493 e. The Hall–Kier alpha value is -3.22. The maximum absolute atomic E-state index is 13.0. The van der Waals surface area contributed by atoms with Crippen LogP contribution in [0.4, 0.5) is 4.39 Å². The second-order valence-corrected chi connectivity index (χ2v) is 6.93. The molecule has 6 nitrogen and oxygen atoms in total. The number of Topliss-reactive ketones (excluding diaryl/α,β-unsaturated/α-hetero) is 1. The monoisotopic (exact) mass is 415 g/mol. The highest BCUT2D eigenvalue weighted by Gasteiger charge is 2.31. The molecule has 160 valence electrons. The molecule has 2 unspecified atom stereocenters. The van der Waals surface area contributed by atoms with Gasteiger partial charge in [-0.15, -0.1) is 6.58 Å². The highest BCUT2D eigenvalue weighted by Crippen LogP contribution is 2.34. The number of hydrogen-bond donors (Lipinski definition) is 0. The third-order valence-corrected chi connectivity index (χ3v) is 5.06. The van der Waals surface area contributed by atoms with Gasteiger partial charge in [0.25, 0.3) is 0 Å². The van der Waals surface area contributed by atoms with Crippen LogP contribution in [-0.2, 0) is 11.2 Å². The third-order valence-electron chi connectivity index (χ3n) is 5.06. The highest BCUT2D eigenvalue weighted by atomic mass is 19.1. The topological polar surface area (TPSA) is 78.7 Å². The number of benzene rings is 2. The van der Waals surface area contributed by atoms with Crippen LogP contribution in [0.15, 0.2) is 55.1 Å². The molecular formula is C23H26FNO5. The van der Waals surface area contributed by atoms with Crippen molar-refractivity contribution in [3.05, 3.63) is 82.2 Å². The van der Waals surface area contributed by atoms with Crippen LogP contribution < -0.4 is 9.47 Å². The standard InChI is InChI=1S/C23H26FNO5/c1-4-20(17-8-14-22(29-2)23(15-17)30-3)21(25(27)28)13-12-19(26)11-7-16-5-9-18(24)10-6-16/h4-6,8-10,14-15,20-21H,1,7,11-13H2,2-3H3. The van der Waals surface area contributed by atoms with Crippen molar-refractivity contribution in [3.63, 3.8) is 0 Å². The fourth-order valence-electron chi connectivity index (χ4n) is 3.36. The number of carbonyl (C=O) groups is 1. The quantitative estimate of drug-likeness (QED) is 0.284. The SMILES string of the molecule is C=CC(c1ccc(OC)c(OC)c1)C(CCC(=O)CCc1ccc(F)cc1)[N+](=O)[O-]. The molecule has 2 atom stereocenters. The molecule has 2 aromatic rings. The van der Waals surface area contributed by atoms with Crippen molar-refractivity contribution in [1.29, 1.82) is 0 Å². The zero-order valence-electron chi connectivity index (χ0n) is 17.2. The molecule has 0 N–H and O–H groups in total. The van der Waals surface area contributed by atoms with E-state index in [0.29, 0.717) is 23.5 Å².